The lowest BCUT2D eigenvalue weighted by Gasteiger charge is -2.39. The number of ether oxygens (including phenoxy) is 1. The third kappa shape index (κ3) is 6.59. The average Bonchev–Trinajstić information content (AvgIpc) is 3.97. The highest BCUT2D eigenvalue weighted by atomic mass is 16.5. The Balaban J connectivity index is 0.897. The van der Waals surface area contributed by atoms with Crippen LogP contribution in [0.25, 0.3) is 0 Å². The zero-order valence-electron chi connectivity index (χ0n) is 34.0. The average molecular weight is 763 g/mol. The zero-order valence-corrected chi connectivity index (χ0v) is 34.0. The second kappa shape index (κ2) is 15.2. The molecule has 304 valence electrons. The van der Waals surface area contributed by atoms with Gasteiger partial charge in [-0.1, -0.05) is 94.8 Å². The maximum Gasteiger partial charge on any atom is 0.119 e. The maximum absolute atomic E-state index is 7.16. The molecule has 5 saturated heterocycles. The van der Waals surface area contributed by atoms with E-state index in [1.807, 2.05) is 0 Å². The van der Waals surface area contributed by atoms with Gasteiger partial charge in [-0.2, -0.15) is 0 Å². The number of benzene rings is 2. The van der Waals surface area contributed by atoms with Crippen LogP contribution in [0.1, 0.15) is 121 Å². The van der Waals surface area contributed by atoms with Crippen LogP contribution in [-0.4, -0.2) is 55.4 Å². The summed E-state index contributed by atoms with van der Waals surface area (Å²) in [5.74, 6) is 5.94. The van der Waals surface area contributed by atoms with E-state index in [4.69, 9.17) is 4.74 Å². The molecule has 9 heteroatoms. The third-order valence-corrected chi connectivity index (χ3v) is 17.2. The van der Waals surface area contributed by atoms with Crippen LogP contribution < -0.4 is 47.3 Å². The van der Waals surface area contributed by atoms with Crippen molar-refractivity contribution in [1.82, 2.24) is 42.5 Å². The first-order valence-corrected chi connectivity index (χ1v) is 23.4. The summed E-state index contributed by atoms with van der Waals surface area (Å²) in [6.45, 7) is 4.66. The predicted octanol–water partition coefficient (Wildman–Crippen LogP) is 5.99. The van der Waals surface area contributed by atoms with Gasteiger partial charge in [0, 0.05) is 11.3 Å². The minimum Gasteiger partial charge on any atom is -0.490 e. The SMILES string of the molecule is CC(C)(c1ccccc1)c1ccc(OC2CCCC3C4NC5NC(NC6NC(NC7NC(NC(N4)C23)C2CCCCC72)C2CCCCC62)C2CCCCC52)cc1. The van der Waals surface area contributed by atoms with E-state index in [0.29, 0.717) is 84.3 Å². The Kier molecular flexibility index (Phi) is 10.0. The highest BCUT2D eigenvalue weighted by Gasteiger charge is 2.56. The number of fused-ring (bicyclic) bond motifs is 20. The van der Waals surface area contributed by atoms with Gasteiger partial charge in [0.25, 0.3) is 0 Å². The molecule has 4 saturated carbocycles. The van der Waals surface area contributed by atoms with Crippen LogP contribution in [0.4, 0.5) is 0 Å². The lowest BCUT2D eigenvalue weighted by molar-refractivity contribution is 0.0424. The van der Waals surface area contributed by atoms with Gasteiger partial charge in [-0.15, -0.1) is 0 Å². The lowest BCUT2D eigenvalue weighted by Crippen LogP contribution is -2.62. The van der Waals surface area contributed by atoms with Gasteiger partial charge in [-0.05, 0) is 122 Å². The molecule has 2 aromatic rings. The fourth-order valence-electron chi connectivity index (χ4n) is 14.3. The predicted molar refractivity (Wildman–Crippen MR) is 222 cm³/mol. The van der Waals surface area contributed by atoms with Crippen LogP contribution >= 0.6 is 0 Å². The lowest BCUT2D eigenvalue weighted by atomic mass is 9.75. The highest BCUT2D eigenvalue weighted by molar-refractivity contribution is 5.40. The van der Waals surface area contributed by atoms with Crippen molar-refractivity contribution in [2.24, 2.45) is 47.3 Å². The Morgan fingerprint density at radius 2 is 0.750 bits per heavy atom. The van der Waals surface area contributed by atoms with Crippen molar-refractivity contribution >= 4 is 0 Å². The van der Waals surface area contributed by atoms with E-state index in [1.54, 1.807) is 0 Å². The van der Waals surface area contributed by atoms with Gasteiger partial charge < -0.3 is 4.74 Å². The number of hydrogen-bond acceptors (Lipinski definition) is 9. The minimum absolute atomic E-state index is 0.0651. The molecule has 0 spiro atoms. The monoisotopic (exact) mass is 763 g/mol. The third-order valence-electron chi connectivity index (χ3n) is 17.2. The first-order valence-electron chi connectivity index (χ1n) is 23.4. The summed E-state index contributed by atoms with van der Waals surface area (Å²) < 4.78 is 7.16. The molecule has 8 bridgehead atoms. The molecule has 2 aromatic carbocycles. The van der Waals surface area contributed by atoms with Crippen LogP contribution in [0.5, 0.6) is 5.75 Å². The van der Waals surface area contributed by atoms with Crippen LogP contribution in [0.2, 0.25) is 0 Å². The Labute approximate surface area is 336 Å². The molecule has 0 amide bonds. The largest absolute Gasteiger partial charge is 0.490 e. The van der Waals surface area contributed by atoms with Crippen molar-refractivity contribution in [2.75, 3.05) is 0 Å². The highest BCUT2D eigenvalue weighted by Crippen LogP contribution is 2.46. The Morgan fingerprint density at radius 1 is 0.393 bits per heavy atom. The van der Waals surface area contributed by atoms with Crippen molar-refractivity contribution in [2.45, 2.75) is 171 Å². The van der Waals surface area contributed by atoms with E-state index in [9.17, 15) is 0 Å². The van der Waals surface area contributed by atoms with Gasteiger partial charge in [0.05, 0.1) is 49.3 Å². The van der Waals surface area contributed by atoms with Crippen molar-refractivity contribution in [3.63, 3.8) is 0 Å². The van der Waals surface area contributed by atoms with Crippen LogP contribution in [-0.2, 0) is 5.41 Å². The molecular weight excluding hydrogens is 693 g/mol. The van der Waals surface area contributed by atoms with Crippen LogP contribution in [0.15, 0.2) is 54.6 Å². The van der Waals surface area contributed by atoms with E-state index < -0.39 is 0 Å². The van der Waals surface area contributed by atoms with Gasteiger partial charge in [0.15, 0.2) is 0 Å². The molecule has 17 atom stereocenters. The quantitative estimate of drug-likeness (QED) is 0.191. The molecular formula is C47H70N8O. The fraction of sp³-hybridized carbons (Fsp3) is 0.745. The molecule has 0 radical (unpaired) electrons. The smallest absolute Gasteiger partial charge is 0.119 e. The molecule has 56 heavy (non-hydrogen) atoms. The van der Waals surface area contributed by atoms with Crippen LogP contribution in [0.3, 0.4) is 0 Å². The summed E-state index contributed by atoms with van der Waals surface area (Å²) >= 11 is 0. The summed E-state index contributed by atoms with van der Waals surface area (Å²) in [5, 5.41) is 34.2. The second-order valence-corrected chi connectivity index (χ2v) is 20.3. The number of rotatable bonds is 4. The van der Waals surface area contributed by atoms with E-state index >= 15 is 0 Å². The van der Waals surface area contributed by atoms with Gasteiger partial charge in [-0.3, -0.25) is 42.5 Å². The van der Waals surface area contributed by atoms with Gasteiger partial charge >= 0.3 is 0 Å². The topological polar surface area (TPSA) is 105 Å². The van der Waals surface area contributed by atoms with Crippen molar-refractivity contribution < 1.29 is 4.74 Å². The van der Waals surface area contributed by atoms with E-state index in [-0.39, 0.29) is 23.9 Å². The molecule has 8 N–H and O–H groups in total. The summed E-state index contributed by atoms with van der Waals surface area (Å²) in [4.78, 5) is 0. The summed E-state index contributed by atoms with van der Waals surface area (Å²) in [6, 6.07) is 20.0. The summed E-state index contributed by atoms with van der Waals surface area (Å²) in [5.41, 5.74) is 2.60. The maximum atomic E-state index is 7.16. The van der Waals surface area contributed by atoms with Crippen LogP contribution in [0, 0.1) is 47.3 Å². The molecule has 17 unspecified atom stereocenters. The molecule has 11 rings (SSSR count). The summed E-state index contributed by atoms with van der Waals surface area (Å²) in [6.07, 6.45) is 22.3. The first kappa shape index (κ1) is 37.0. The van der Waals surface area contributed by atoms with E-state index in [0.717, 1.165) is 12.2 Å². The zero-order chi connectivity index (χ0) is 37.4. The van der Waals surface area contributed by atoms with Crippen molar-refractivity contribution in [3.8, 4) is 5.75 Å². The standard InChI is InChI=1S/C47H70N8O/c1-47(2,27-13-4-3-5-14-27)28-23-25-29(26-24-28)56-37-22-12-21-36-38(37)46-54-44-35-20-11-10-19-34(35)42(52-44)50-40-31-16-7-6-15-30(31)39(48-40)49-41-32-17-8-9-18-33(32)43(51-41)53-45(36)55-46/h3-5,13-14,23-26,30-46,48-55H,6-12,15-22H2,1-2H3. The molecule has 0 aromatic heterocycles. The van der Waals surface area contributed by atoms with Gasteiger partial charge in [0.1, 0.15) is 11.9 Å². The molecule has 5 heterocycles. The molecule has 5 aliphatic heterocycles. The summed E-state index contributed by atoms with van der Waals surface area (Å²) in [7, 11) is 0. The fourth-order valence-corrected chi connectivity index (χ4v) is 14.3. The van der Waals surface area contributed by atoms with E-state index in [2.05, 4.69) is 111 Å². The molecule has 9 fully saturated rings. The van der Waals surface area contributed by atoms with Gasteiger partial charge in [-0.25, -0.2) is 0 Å². The van der Waals surface area contributed by atoms with Crippen molar-refractivity contribution in [1.29, 1.82) is 0 Å². The Hall–Kier alpha value is -2.08. The number of hydrogen-bond donors (Lipinski definition) is 8. The molecule has 4 aliphatic carbocycles. The van der Waals surface area contributed by atoms with E-state index in [1.165, 1.54) is 101 Å². The molecule has 9 aliphatic rings. The Morgan fingerprint density at radius 3 is 1.18 bits per heavy atom. The minimum atomic E-state index is -0.0651. The van der Waals surface area contributed by atoms with Gasteiger partial charge in [0.2, 0.25) is 0 Å². The van der Waals surface area contributed by atoms with Crippen molar-refractivity contribution in [3.05, 3.63) is 65.7 Å². The first-order chi connectivity index (χ1) is 27.5. The second-order valence-electron chi connectivity index (χ2n) is 20.3. The molecule has 9 nitrogen and oxygen atoms in total. The number of nitrogens with one attached hydrogen (secondary N) is 8. The normalized spacial score (nSPS) is 46.0. The Bertz CT molecular complexity index is 1650.